The van der Waals surface area contributed by atoms with E-state index in [-0.39, 0.29) is 43.0 Å². The molecule has 158 valence electrons. The third-order valence-corrected chi connectivity index (χ3v) is 5.43. The second-order valence-electron chi connectivity index (χ2n) is 7.83. The van der Waals surface area contributed by atoms with Crippen LogP contribution in [0.15, 0.2) is 10.9 Å². The number of ether oxygens (including phenoxy) is 1. The van der Waals surface area contributed by atoms with Crippen LogP contribution in [-0.4, -0.2) is 65.3 Å². The molecule has 1 saturated heterocycles. The molecule has 1 unspecified atom stereocenters. The molecule has 2 aliphatic heterocycles. The maximum atomic E-state index is 13.7. The van der Waals surface area contributed by atoms with Crippen LogP contribution >= 0.6 is 0 Å². The number of fused-ring (bicyclic) bond motifs is 1. The summed E-state index contributed by atoms with van der Waals surface area (Å²) < 4.78 is 47.7. The molecule has 0 bridgehead atoms. The molecule has 1 aromatic heterocycles. The summed E-state index contributed by atoms with van der Waals surface area (Å²) >= 11 is 0. The van der Waals surface area contributed by atoms with Crippen LogP contribution in [0.3, 0.4) is 0 Å². The van der Waals surface area contributed by atoms with Crippen molar-refractivity contribution in [1.82, 2.24) is 9.55 Å². The number of β-amino-alcohol motifs (C(OH)–C–C–N with tert-alkyl or cyclic N) is 1. The number of morpholine rings is 1. The molecule has 0 aromatic carbocycles. The number of hydrogen-bond donors (Lipinski definition) is 1. The van der Waals surface area contributed by atoms with Gasteiger partial charge in [-0.2, -0.15) is 18.2 Å². The average Bonchev–Trinajstić information content (AvgIpc) is 2.61. The lowest BCUT2D eigenvalue weighted by atomic mass is 10.0. The second-order valence-corrected chi connectivity index (χ2v) is 7.83. The first-order valence-electron chi connectivity index (χ1n) is 9.57. The van der Waals surface area contributed by atoms with E-state index in [1.165, 1.54) is 10.6 Å². The maximum absolute atomic E-state index is 13.7. The topological polar surface area (TPSA) is 70.8 Å². The minimum atomic E-state index is -4.48. The zero-order chi connectivity index (χ0) is 20.6. The van der Waals surface area contributed by atoms with E-state index >= 15 is 0 Å². The van der Waals surface area contributed by atoms with Gasteiger partial charge in [0.15, 0.2) is 0 Å². The molecule has 10 heteroatoms. The van der Waals surface area contributed by atoms with Gasteiger partial charge in [0.2, 0.25) is 5.95 Å². The molecule has 1 N–H and O–H groups in total. The minimum absolute atomic E-state index is 0.0329. The molecule has 28 heavy (non-hydrogen) atoms. The Kier molecular flexibility index (Phi) is 5.90. The molecular formula is C18H27F3N4O3. The number of aromatic nitrogens is 2. The van der Waals surface area contributed by atoms with Crippen LogP contribution in [0.2, 0.25) is 0 Å². The summed E-state index contributed by atoms with van der Waals surface area (Å²) in [6.07, 6.45) is -5.71. The van der Waals surface area contributed by atoms with Crippen LogP contribution in [0, 0.1) is 5.92 Å². The minimum Gasteiger partial charge on any atom is -0.391 e. The van der Waals surface area contributed by atoms with Crippen LogP contribution in [0.1, 0.15) is 27.2 Å². The largest absolute Gasteiger partial charge is 0.408 e. The van der Waals surface area contributed by atoms with Gasteiger partial charge in [0.1, 0.15) is 11.9 Å². The molecule has 1 aromatic rings. The summed E-state index contributed by atoms with van der Waals surface area (Å²) in [4.78, 5) is 20.0. The Bertz CT molecular complexity index is 753. The van der Waals surface area contributed by atoms with Crippen molar-refractivity contribution < 1.29 is 23.0 Å². The summed E-state index contributed by atoms with van der Waals surface area (Å²) in [6, 6.07) is -0.457. The van der Waals surface area contributed by atoms with Gasteiger partial charge in [-0.05, 0) is 19.3 Å². The molecule has 0 aliphatic carbocycles. The molecule has 3 rings (SSSR count). The summed E-state index contributed by atoms with van der Waals surface area (Å²) in [5, 5.41) is 10.3. The number of aliphatic hydroxyl groups excluding tert-OH is 1. The van der Waals surface area contributed by atoms with Gasteiger partial charge >= 0.3 is 6.18 Å². The van der Waals surface area contributed by atoms with E-state index in [2.05, 4.69) is 4.98 Å². The van der Waals surface area contributed by atoms with Gasteiger partial charge in [0.25, 0.3) is 5.56 Å². The maximum Gasteiger partial charge on any atom is 0.408 e. The van der Waals surface area contributed by atoms with Gasteiger partial charge in [-0.1, -0.05) is 13.8 Å². The van der Waals surface area contributed by atoms with Crippen LogP contribution < -0.4 is 15.4 Å². The van der Waals surface area contributed by atoms with Crippen molar-refractivity contribution in [2.45, 2.75) is 58.1 Å². The lowest BCUT2D eigenvalue weighted by molar-refractivity contribution is -0.153. The number of halogens is 3. The monoisotopic (exact) mass is 404 g/mol. The molecule has 3 atom stereocenters. The molecule has 7 nitrogen and oxygen atoms in total. The van der Waals surface area contributed by atoms with Gasteiger partial charge in [-0.3, -0.25) is 9.36 Å². The summed E-state index contributed by atoms with van der Waals surface area (Å²) in [5.41, 5.74) is -0.386. The molecule has 0 amide bonds. The predicted molar refractivity (Wildman–Crippen MR) is 98.8 cm³/mol. The highest BCUT2D eigenvalue weighted by Gasteiger charge is 2.47. The lowest BCUT2D eigenvalue weighted by Gasteiger charge is -2.41. The first-order valence-corrected chi connectivity index (χ1v) is 9.57. The van der Waals surface area contributed by atoms with Crippen LogP contribution in [0.5, 0.6) is 0 Å². The first kappa shape index (κ1) is 20.9. The number of nitrogens with zero attached hydrogens (tertiary/aromatic N) is 4. The fourth-order valence-electron chi connectivity index (χ4n) is 3.63. The quantitative estimate of drug-likeness (QED) is 0.823. The van der Waals surface area contributed by atoms with Crippen molar-refractivity contribution in [3.8, 4) is 0 Å². The van der Waals surface area contributed by atoms with Crippen molar-refractivity contribution in [2.24, 2.45) is 5.92 Å². The van der Waals surface area contributed by atoms with Crippen molar-refractivity contribution in [3.05, 3.63) is 16.4 Å². The Morgan fingerprint density at radius 2 is 2.07 bits per heavy atom. The number of rotatable bonds is 4. The molecule has 2 aliphatic rings. The molecule has 0 saturated carbocycles. The van der Waals surface area contributed by atoms with Crippen LogP contribution in [-0.2, 0) is 11.3 Å². The lowest BCUT2D eigenvalue weighted by Crippen LogP contribution is -2.55. The van der Waals surface area contributed by atoms with E-state index in [0.29, 0.717) is 25.6 Å². The van der Waals surface area contributed by atoms with Gasteiger partial charge in [0, 0.05) is 25.7 Å². The highest BCUT2D eigenvalue weighted by atomic mass is 19.4. The molecule has 3 heterocycles. The molecular weight excluding hydrogens is 377 g/mol. The zero-order valence-corrected chi connectivity index (χ0v) is 16.3. The van der Waals surface area contributed by atoms with Crippen molar-refractivity contribution in [2.75, 3.05) is 36.1 Å². The fraction of sp³-hybridized carbons (Fsp3) is 0.778. The third kappa shape index (κ3) is 4.12. The molecule has 1 fully saturated rings. The average molecular weight is 404 g/mol. The Labute approximate surface area is 161 Å². The van der Waals surface area contributed by atoms with Crippen molar-refractivity contribution in [3.63, 3.8) is 0 Å². The van der Waals surface area contributed by atoms with E-state index < -0.39 is 18.3 Å². The number of anilines is 2. The Hall–Kier alpha value is -1.81. The molecule has 0 radical (unpaired) electrons. The number of hydrogen-bond acceptors (Lipinski definition) is 6. The van der Waals surface area contributed by atoms with Crippen LogP contribution in [0.25, 0.3) is 0 Å². The second kappa shape index (κ2) is 7.90. The summed E-state index contributed by atoms with van der Waals surface area (Å²) in [6.45, 7) is 6.53. The van der Waals surface area contributed by atoms with E-state index in [1.807, 2.05) is 11.8 Å². The van der Waals surface area contributed by atoms with Crippen molar-refractivity contribution in [1.29, 1.82) is 0 Å². The Morgan fingerprint density at radius 3 is 2.68 bits per heavy atom. The highest BCUT2D eigenvalue weighted by Crippen LogP contribution is 2.34. The van der Waals surface area contributed by atoms with Gasteiger partial charge < -0.3 is 19.6 Å². The van der Waals surface area contributed by atoms with Crippen molar-refractivity contribution >= 4 is 11.8 Å². The number of alkyl halides is 3. The Balaban J connectivity index is 2.05. The van der Waals surface area contributed by atoms with E-state index in [1.54, 1.807) is 13.8 Å². The normalized spacial score (nSPS) is 24.4. The SMILES string of the molecule is CC(C)C(O)CN1c2nc(N3CCOC[C@H]3C)cc(=O)n2CC[C@H]1C(F)(F)F. The van der Waals surface area contributed by atoms with Gasteiger partial charge in [0.05, 0.1) is 25.4 Å². The third-order valence-electron chi connectivity index (χ3n) is 5.43. The van der Waals surface area contributed by atoms with E-state index in [9.17, 15) is 23.1 Å². The first-order chi connectivity index (χ1) is 13.1. The smallest absolute Gasteiger partial charge is 0.391 e. The standard InChI is InChI=1S/C18H27F3N4O3/c1-11(2)13(26)9-25-14(18(19,20)21)4-5-24-16(27)8-15(22-17(24)25)23-6-7-28-10-12(23)3/h8,11-14,26H,4-7,9-10H2,1-3H3/t12-,13?,14+/m1/s1. The van der Waals surface area contributed by atoms with Gasteiger partial charge in [-0.15, -0.1) is 0 Å². The fourth-order valence-corrected chi connectivity index (χ4v) is 3.63. The highest BCUT2D eigenvalue weighted by molar-refractivity contribution is 5.47. The van der Waals surface area contributed by atoms with Gasteiger partial charge in [-0.25, -0.2) is 0 Å². The summed E-state index contributed by atoms with van der Waals surface area (Å²) in [5.74, 6) is 0.0896. The predicted octanol–water partition coefficient (Wildman–Crippen LogP) is 1.63. The number of aliphatic hydroxyl groups is 1. The molecule has 0 spiro atoms. The summed E-state index contributed by atoms with van der Waals surface area (Å²) in [7, 11) is 0. The zero-order valence-electron chi connectivity index (χ0n) is 16.3. The van der Waals surface area contributed by atoms with E-state index in [0.717, 1.165) is 4.90 Å². The van der Waals surface area contributed by atoms with E-state index in [4.69, 9.17) is 4.74 Å². The Morgan fingerprint density at radius 1 is 1.36 bits per heavy atom. The van der Waals surface area contributed by atoms with Crippen LogP contribution in [0.4, 0.5) is 24.9 Å².